The average Bonchev–Trinajstić information content (AvgIpc) is 2.64. The minimum absolute atomic E-state index is 0.0837. The molecular weight excluding hydrogens is 244 g/mol. The van der Waals surface area contributed by atoms with E-state index in [-0.39, 0.29) is 5.41 Å². The SMILES string of the molecule is Cc1cc(C)c2c(c1)oc1c(C(C)(C)C)c(C)ccc12. The third kappa shape index (κ3) is 1.84. The molecule has 3 aromatic rings. The maximum atomic E-state index is 6.25. The van der Waals surface area contributed by atoms with Crippen molar-refractivity contribution in [2.24, 2.45) is 0 Å². The summed E-state index contributed by atoms with van der Waals surface area (Å²) in [5, 5.41) is 2.50. The zero-order valence-electron chi connectivity index (χ0n) is 13.2. The van der Waals surface area contributed by atoms with Crippen molar-refractivity contribution in [1.29, 1.82) is 0 Å². The molecule has 0 unspecified atom stereocenters. The molecule has 0 aliphatic carbocycles. The lowest BCUT2D eigenvalue weighted by atomic mass is 9.83. The fourth-order valence-electron chi connectivity index (χ4n) is 3.38. The van der Waals surface area contributed by atoms with Crippen molar-refractivity contribution in [3.05, 3.63) is 46.5 Å². The van der Waals surface area contributed by atoms with Crippen molar-refractivity contribution in [3.63, 3.8) is 0 Å². The first-order valence-electron chi connectivity index (χ1n) is 7.22. The van der Waals surface area contributed by atoms with Gasteiger partial charge in [-0.15, -0.1) is 0 Å². The molecular formula is C19H22O. The first-order valence-corrected chi connectivity index (χ1v) is 7.22. The van der Waals surface area contributed by atoms with Gasteiger partial charge < -0.3 is 4.42 Å². The van der Waals surface area contributed by atoms with E-state index < -0.39 is 0 Å². The van der Waals surface area contributed by atoms with Gasteiger partial charge in [0.15, 0.2) is 0 Å². The highest BCUT2D eigenvalue weighted by molar-refractivity contribution is 6.08. The van der Waals surface area contributed by atoms with Gasteiger partial charge >= 0.3 is 0 Å². The molecule has 20 heavy (non-hydrogen) atoms. The molecule has 0 N–H and O–H groups in total. The normalized spacial score (nSPS) is 12.5. The molecule has 2 aromatic carbocycles. The molecule has 0 saturated carbocycles. The van der Waals surface area contributed by atoms with Gasteiger partial charge in [-0.2, -0.15) is 0 Å². The average molecular weight is 266 g/mol. The zero-order valence-corrected chi connectivity index (χ0v) is 13.2. The van der Waals surface area contributed by atoms with Gasteiger partial charge in [0.1, 0.15) is 11.2 Å². The van der Waals surface area contributed by atoms with Gasteiger partial charge in [-0.1, -0.05) is 39.0 Å². The largest absolute Gasteiger partial charge is 0.456 e. The second kappa shape index (κ2) is 4.12. The summed E-state index contributed by atoms with van der Waals surface area (Å²) in [4.78, 5) is 0. The van der Waals surface area contributed by atoms with Crippen LogP contribution in [0.15, 0.2) is 28.7 Å². The maximum Gasteiger partial charge on any atom is 0.139 e. The summed E-state index contributed by atoms with van der Waals surface area (Å²) in [6.45, 7) is 13.2. The van der Waals surface area contributed by atoms with Crippen LogP contribution in [0, 0.1) is 20.8 Å². The lowest BCUT2D eigenvalue weighted by Gasteiger charge is -2.21. The van der Waals surface area contributed by atoms with Crippen LogP contribution in [-0.4, -0.2) is 0 Å². The van der Waals surface area contributed by atoms with Gasteiger partial charge in [-0.05, 0) is 48.9 Å². The number of aryl methyl sites for hydroxylation is 3. The van der Waals surface area contributed by atoms with Gasteiger partial charge in [-0.25, -0.2) is 0 Å². The van der Waals surface area contributed by atoms with E-state index in [0.29, 0.717) is 0 Å². The lowest BCUT2D eigenvalue weighted by Crippen LogP contribution is -2.13. The summed E-state index contributed by atoms with van der Waals surface area (Å²) in [7, 11) is 0. The van der Waals surface area contributed by atoms with Crippen molar-refractivity contribution >= 4 is 21.9 Å². The van der Waals surface area contributed by atoms with Crippen LogP contribution in [0.1, 0.15) is 43.0 Å². The predicted octanol–water partition coefficient (Wildman–Crippen LogP) is 5.81. The highest BCUT2D eigenvalue weighted by atomic mass is 16.3. The Morgan fingerprint density at radius 2 is 1.60 bits per heavy atom. The Morgan fingerprint density at radius 3 is 2.25 bits per heavy atom. The molecule has 0 aliphatic heterocycles. The Bertz CT molecular complexity index is 813. The molecule has 0 radical (unpaired) electrons. The monoisotopic (exact) mass is 266 g/mol. The van der Waals surface area contributed by atoms with Crippen LogP contribution in [-0.2, 0) is 5.41 Å². The molecule has 1 heterocycles. The van der Waals surface area contributed by atoms with Gasteiger partial charge in [-0.3, -0.25) is 0 Å². The predicted molar refractivity (Wildman–Crippen MR) is 86.6 cm³/mol. The number of benzene rings is 2. The van der Waals surface area contributed by atoms with Crippen LogP contribution in [0.5, 0.6) is 0 Å². The van der Waals surface area contributed by atoms with Crippen LogP contribution in [0.4, 0.5) is 0 Å². The Hall–Kier alpha value is -1.76. The molecule has 0 saturated heterocycles. The quantitative estimate of drug-likeness (QED) is 0.500. The van der Waals surface area contributed by atoms with Crippen molar-refractivity contribution in [3.8, 4) is 0 Å². The first-order chi connectivity index (χ1) is 9.29. The fourth-order valence-corrected chi connectivity index (χ4v) is 3.38. The summed E-state index contributed by atoms with van der Waals surface area (Å²) in [5.41, 5.74) is 7.32. The Kier molecular flexibility index (Phi) is 2.72. The number of fused-ring (bicyclic) bond motifs is 3. The van der Waals surface area contributed by atoms with Crippen LogP contribution < -0.4 is 0 Å². The second-order valence-electron chi connectivity index (χ2n) is 6.94. The summed E-state index contributed by atoms with van der Waals surface area (Å²) in [6, 6.07) is 8.79. The summed E-state index contributed by atoms with van der Waals surface area (Å²) < 4.78 is 6.25. The van der Waals surface area contributed by atoms with Gasteiger partial charge in [0.2, 0.25) is 0 Å². The van der Waals surface area contributed by atoms with E-state index in [4.69, 9.17) is 4.42 Å². The van der Waals surface area contributed by atoms with Crippen molar-refractivity contribution < 1.29 is 4.42 Å². The highest BCUT2D eigenvalue weighted by Gasteiger charge is 2.23. The third-order valence-corrected chi connectivity index (χ3v) is 4.04. The molecule has 0 fully saturated rings. The molecule has 3 rings (SSSR count). The molecule has 0 atom stereocenters. The number of hydrogen-bond acceptors (Lipinski definition) is 1. The summed E-state index contributed by atoms with van der Waals surface area (Å²) in [5.74, 6) is 0. The molecule has 1 aromatic heterocycles. The molecule has 1 heteroatoms. The second-order valence-corrected chi connectivity index (χ2v) is 6.94. The topological polar surface area (TPSA) is 13.1 Å². The van der Waals surface area contributed by atoms with Crippen molar-refractivity contribution in [1.82, 2.24) is 0 Å². The van der Waals surface area contributed by atoms with E-state index in [0.717, 1.165) is 11.2 Å². The summed E-state index contributed by atoms with van der Waals surface area (Å²) in [6.07, 6.45) is 0. The Morgan fingerprint density at radius 1 is 0.900 bits per heavy atom. The van der Waals surface area contributed by atoms with Crippen LogP contribution >= 0.6 is 0 Å². The van der Waals surface area contributed by atoms with E-state index in [1.54, 1.807) is 0 Å². The lowest BCUT2D eigenvalue weighted by molar-refractivity contribution is 0.569. The van der Waals surface area contributed by atoms with E-state index in [1.807, 2.05) is 0 Å². The molecule has 1 nitrogen and oxygen atoms in total. The minimum atomic E-state index is 0.0837. The number of hydrogen-bond donors (Lipinski definition) is 0. The van der Waals surface area contributed by atoms with E-state index >= 15 is 0 Å². The fraction of sp³-hybridized carbons (Fsp3) is 0.368. The van der Waals surface area contributed by atoms with Crippen LogP contribution in [0.2, 0.25) is 0 Å². The minimum Gasteiger partial charge on any atom is -0.456 e. The van der Waals surface area contributed by atoms with Crippen molar-refractivity contribution in [2.45, 2.75) is 47.0 Å². The molecule has 104 valence electrons. The smallest absolute Gasteiger partial charge is 0.139 e. The number of rotatable bonds is 0. The maximum absolute atomic E-state index is 6.25. The molecule has 0 aliphatic rings. The van der Waals surface area contributed by atoms with E-state index in [2.05, 4.69) is 65.8 Å². The Labute approximate surface area is 120 Å². The van der Waals surface area contributed by atoms with Crippen molar-refractivity contribution in [2.75, 3.05) is 0 Å². The van der Waals surface area contributed by atoms with Gasteiger partial charge in [0, 0.05) is 16.3 Å². The summed E-state index contributed by atoms with van der Waals surface area (Å²) >= 11 is 0. The van der Waals surface area contributed by atoms with E-state index in [9.17, 15) is 0 Å². The molecule has 0 spiro atoms. The third-order valence-electron chi connectivity index (χ3n) is 4.04. The highest BCUT2D eigenvalue weighted by Crippen LogP contribution is 2.39. The molecule has 0 amide bonds. The zero-order chi connectivity index (χ0) is 14.7. The molecule has 0 bridgehead atoms. The van der Waals surface area contributed by atoms with Crippen LogP contribution in [0.25, 0.3) is 21.9 Å². The van der Waals surface area contributed by atoms with Gasteiger partial charge in [0.05, 0.1) is 0 Å². The number of furan rings is 1. The standard InChI is InChI=1S/C19H22O/c1-11-9-13(3)16-14-8-7-12(2)17(19(4,5)6)18(14)20-15(16)10-11/h7-10H,1-6H3. The first kappa shape index (κ1) is 13.2. The van der Waals surface area contributed by atoms with Gasteiger partial charge in [0.25, 0.3) is 0 Å². The Balaban J connectivity index is 2.54. The van der Waals surface area contributed by atoms with E-state index in [1.165, 1.54) is 33.0 Å². The van der Waals surface area contributed by atoms with Crippen LogP contribution in [0.3, 0.4) is 0 Å².